The van der Waals surface area contributed by atoms with E-state index in [0.717, 1.165) is 12.1 Å². The lowest BCUT2D eigenvalue weighted by Crippen LogP contribution is -2.55. The van der Waals surface area contributed by atoms with Crippen molar-refractivity contribution < 1.29 is 14.0 Å². The fourth-order valence-electron chi connectivity index (χ4n) is 4.75. The fraction of sp³-hybridized carbons (Fsp3) is 0.269. The molecule has 2 aromatic heterocycles. The van der Waals surface area contributed by atoms with Crippen molar-refractivity contribution >= 4 is 41.5 Å². The summed E-state index contributed by atoms with van der Waals surface area (Å²) in [6.45, 7) is 3.59. The number of anilines is 3. The molecular weight excluding hydrogens is 479 g/mol. The number of benzene rings is 1. The summed E-state index contributed by atoms with van der Waals surface area (Å²) in [5.41, 5.74) is 1.49. The second kappa shape index (κ2) is 8.91. The summed E-state index contributed by atoms with van der Waals surface area (Å²) in [6.07, 6.45) is 5.06. The number of nitriles is 1. The molecule has 0 radical (unpaired) electrons. The van der Waals surface area contributed by atoms with Gasteiger partial charge in [0.2, 0.25) is 0 Å². The van der Waals surface area contributed by atoms with E-state index in [9.17, 15) is 14.9 Å². The third kappa shape index (κ3) is 3.76. The first-order valence-corrected chi connectivity index (χ1v) is 12.0. The van der Waals surface area contributed by atoms with Gasteiger partial charge in [0.25, 0.3) is 11.8 Å². The third-order valence-corrected chi connectivity index (χ3v) is 7.28. The molecule has 2 fully saturated rings. The first-order chi connectivity index (χ1) is 17.2. The number of rotatable bonds is 4. The van der Waals surface area contributed by atoms with Crippen LogP contribution >= 0.6 is 12.6 Å². The topological polar surface area (TPSA) is 102 Å². The highest BCUT2D eigenvalue weighted by atomic mass is 32.1. The summed E-state index contributed by atoms with van der Waals surface area (Å²) in [5.74, 6) is -1.45. The first kappa shape index (κ1) is 23.8. The lowest BCUT2D eigenvalue weighted by atomic mass is 9.75. The summed E-state index contributed by atoms with van der Waals surface area (Å²) >= 11 is 4.75. The summed E-state index contributed by atoms with van der Waals surface area (Å²) < 4.78 is 15.2. The molecule has 1 aliphatic carbocycles. The molecule has 5 rings (SSSR count). The molecule has 1 spiro atoms. The number of aryl methyl sites for hydroxylation is 2. The smallest absolute Gasteiger partial charge is 0.258 e. The summed E-state index contributed by atoms with van der Waals surface area (Å²) in [4.78, 5) is 38.0. The number of hydrogen-bond donors (Lipinski definition) is 2. The van der Waals surface area contributed by atoms with E-state index in [0.29, 0.717) is 35.5 Å². The predicted octanol–water partition coefficient (Wildman–Crippen LogP) is 4.35. The Kier molecular flexibility index (Phi) is 5.88. The van der Waals surface area contributed by atoms with E-state index in [-0.39, 0.29) is 17.2 Å². The van der Waals surface area contributed by atoms with Crippen molar-refractivity contribution in [3.63, 3.8) is 0 Å². The second-order valence-electron chi connectivity index (χ2n) is 9.05. The van der Waals surface area contributed by atoms with Gasteiger partial charge in [0.1, 0.15) is 23.1 Å². The van der Waals surface area contributed by atoms with Crippen LogP contribution in [0.25, 0.3) is 0 Å². The zero-order valence-corrected chi connectivity index (χ0v) is 20.6. The van der Waals surface area contributed by atoms with Gasteiger partial charge >= 0.3 is 0 Å². The maximum Gasteiger partial charge on any atom is 0.258 e. The number of aromatic nitrogens is 2. The van der Waals surface area contributed by atoms with Gasteiger partial charge in [0, 0.05) is 11.4 Å². The van der Waals surface area contributed by atoms with Gasteiger partial charge in [0.15, 0.2) is 5.50 Å². The molecule has 1 aliphatic heterocycles. The summed E-state index contributed by atoms with van der Waals surface area (Å²) in [5, 5.41) is 11.8. The van der Waals surface area contributed by atoms with Crippen LogP contribution in [-0.2, 0) is 4.79 Å². The lowest BCUT2D eigenvalue weighted by molar-refractivity contribution is -0.124. The highest BCUT2D eigenvalue weighted by Crippen LogP contribution is 2.50. The van der Waals surface area contributed by atoms with Crippen LogP contribution in [-0.4, -0.2) is 32.8 Å². The Bertz CT molecular complexity index is 1420. The highest BCUT2D eigenvalue weighted by molar-refractivity contribution is 7.81. The number of hydrogen-bond acceptors (Lipinski definition) is 7. The number of carbonyl (C=O) groups excluding carboxylic acids is 2. The van der Waals surface area contributed by atoms with E-state index in [4.69, 9.17) is 12.6 Å². The van der Waals surface area contributed by atoms with Crippen LogP contribution in [0, 0.1) is 31.0 Å². The molecule has 2 amide bonds. The number of nitrogens with zero attached hydrogens (tertiary/aromatic N) is 5. The van der Waals surface area contributed by atoms with Crippen molar-refractivity contribution in [2.24, 2.45) is 0 Å². The second-order valence-corrected chi connectivity index (χ2v) is 9.52. The number of pyridine rings is 2. The normalized spacial score (nSPS) is 18.2. The van der Waals surface area contributed by atoms with E-state index in [1.165, 1.54) is 29.4 Å². The molecule has 1 saturated carbocycles. The molecule has 1 unspecified atom stereocenters. The van der Waals surface area contributed by atoms with E-state index >= 15 is 4.39 Å². The predicted molar refractivity (Wildman–Crippen MR) is 136 cm³/mol. The maximum atomic E-state index is 15.2. The molecule has 36 heavy (non-hydrogen) atoms. The van der Waals surface area contributed by atoms with Crippen LogP contribution in [0.3, 0.4) is 0 Å². The first-order valence-electron chi connectivity index (χ1n) is 11.5. The molecule has 1 atom stereocenters. The summed E-state index contributed by atoms with van der Waals surface area (Å²) in [6, 6.07) is 11.5. The Balaban J connectivity index is 1.46. The van der Waals surface area contributed by atoms with Crippen LogP contribution in [0.2, 0.25) is 0 Å². The molecule has 10 heteroatoms. The van der Waals surface area contributed by atoms with Gasteiger partial charge in [-0.2, -0.15) is 5.26 Å². The van der Waals surface area contributed by atoms with Crippen molar-refractivity contribution in [2.45, 2.75) is 44.1 Å². The van der Waals surface area contributed by atoms with E-state index in [1.807, 2.05) is 17.9 Å². The molecule has 1 saturated heterocycles. The fourth-order valence-corrected chi connectivity index (χ4v) is 5.35. The van der Waals surface area contributed by atoms with Gasteiger partial charge in [-0.3, -0.25) is 19.5 Å². The van der Waals surface area contributed by atoms with Gasteiger partial charge < -0.3 is 10.2 Å². The van der Waals surface area contributed by atoms with Gasteiger partial charge in [-0.05, 0) is 75.1 Å². The van der Waals surface area contributed by atoms with Crippen LogP contribution in [0.1, 0.15) is 46.6 Å². The van der Waals surface area contributed by atoms with Crippen molar-refractivity contribution in [1.82, 2.24) is 9.97 Å². The lowest BCUT2D eigenvalue weighted by Gasteiger charge is -2.44. The maximum absolute atomic E-state index is 15.2. The number of carbonyl (C=O) groups is 2. The molecule has 1 aromatic carbocycles. The Hall–Kier alpha value is -3.97. The Labute approximate surface area is 213 Å². The van der Waals surface area contributed by atoms with Crippen LogP contribution < -0.4 is 15.1 Å². The average molecular weight is 503 g/mol. The van der Waals surface area contributed by atoms with Crippen molar-refractivity contribution in [1.29, 1.82) is 5.26 Å². The molecule has 0 bridgehead atoms. The van der Waals surface area contributed by atoms with Crippen molar-refractivity contribution in [3.05, 3.63) is 77.1 Å². The highest BCUT2D eigenvalue weighted by Gasteiger charge is 2.60. The molecule has 2 aliphatic rings. The zero-order chi connectivity index (χ0) is 25.6. The molecular formula is C26H23FN6O2S. The van der Waals surface area contributed by atoms with Gasteiger partial charge in [-0.15, -0.1) is 12.6 Å². The molecule has 182 valence electrons. The van der Waals surface area contributed by atoms with E-state index in [1.54, 1.807) is 31.2 Å². The Morgan fingerprint density at radius 2 is 1.94 bits per heavy atom. The monoisotopic (exact) mass is 502 g/mol. The van der Waals surface area contributed by atoms with Gasteiger partial charge in [-0.25, -0.2) is 9.37 Å². The number of thiol groups is 1. The number of halogens is 1. The average Bonchev–Trinajstić information content (AvgIpc) is 3.07. The van der Waals surface area contributed by atoms with Gasteiger partial charge in [-0.1, -0.05) is 0 Å². The molecule has 1 N–H and O–H groups in total. The van der Waals surface area contributed by atoms with Crippen LogP contribution in [0.15, 0.2) is 48.8 Å². The van der Waals surface area contributed by atoms with Crippen LogP contribution in [0.5, 0.6) is 0 Å². The molecule has 3 aromatic rings. The van der Waals surface area contributed by atoms with Gasteiger partial charge in [0.05, 0.1) is 29.3 Å². The van der Waals surface area contributed by atoms with E-state index < -0.39 is 22.8 Å². The van der Waals surface area contributed by atoms with E-state index in [2.05, 4.69) is 15.3 Å². The quantitative estimate of drug-likeness (QED) is 0.515. The SMILES string of the molecule is Cc1ccc(NC(=O)c2ccc(N3C(S)N(c4cnc(C#N)c(C)c4)C(=O)C34CCC4)cc2F)cn1. The Morgan fingerprint density at radius 1 is 1.17 bits per heavy atom. The minimum atomic E-state index is -0.849. The Morgan fingerprint density at radius 3 is 2.53 bits per heavy atom. The van der Waals surface area contributed by atoms with Crippen LogP contribution in [0.4, 0.5) is 21.5 Å². The number of amides is 2. The number of nitrogens with one attached hydrogen (secondary N) is 1. The largest absolute Gasteiger partial charge is 0.327 e. The minimum Gasteiger partial charge on any atom is -0.327 e. The molecule has 3 heterocycles. The molecule has 8 nitrogen and oxygen atoms in total. The van der Waals surface area contributed by atoms with Crippen molar-refractivity contribution in [3.8, 4) is 6.07 Å². The minimum absolute atomic E-state index is 0.119. The standard InChI is InChI=1S/C26H23FN6O2S/c1-15-10-19(14-30-22(15)12-28)32-24(35)26(8-3-9-26)33(25(32)36)18-6-7-20(21(27)11-18)23(34)31-17-5-4-16(2)29-13-17/h4-7,10-11,13-14,25,36H,3,8-9H2,1-2H3,(H,31,34). The third-order valence-electron chi connectivity index (χ3n) is 6.81. The zero-order valence-electron chi connectivity index (χ0n) is 19.7. The van der Waals surface area contributed by atoms with Crippen molar-refractivity contribution in [2.75, 3.05) is 15.1 Å². The summed E-state index contributed by atoms with van der Waals surface area (Å²) in [7, 11) is 0.